The van der Waals surface area contributed by atoms with Crippen LogP contribution in [-0.4, -0.2) is 45.0 Å². The van der Waals surface area contributed by atoms with E-state index in [4.69, 9.17) is 0 Å². The van der Waals surface area contributed by atoms with Crippen molar-refractivity contribution < 1.29 is 18.0 Å². The van der Waals surface area contributed by atoms with Gasteiger partial charge >= 0.3 is 6.18 Å². The Balaban J connectivity index is 2.21. The van der Waals surface area contributed by atoms with Crippen molar-refractivity contribution in [2.45, 2.75) is 25.2 Å². The summed E-state index contributed by atoms with van der Waals surface area (Å²) < 4.78 is 40.5. The van der Waals surface area contributed by atoms with E-state index >= 15 is 0 Å². The molecule has 0 saturated heterocycles. The van der Waals surface area contributed by atoms with Gasteiger partial charge in [0, 0.05) is 20.1 Å². The number of thioether (sulfide) groups is 1. The number of carbonyl (C=O) groups excluding carboxylic acids is 1. The zero-order chi connectivity index (χ0) is 19.3. The summed E-state index contributed by atoms with van der Waals surface area (Å²) in [4.78, 5) is 14.1. The third-order valence-corrected chi connectivity index (χ3v) is 4.63. The van der Waals surface area contributed by atoms with Crippen molar-refractivity contribution in [3.63, 3.8) is 0 Å². The van der Waals surface area contributed by atoms with Gasteiger partial charge in [0.15, 0.2) is 0 Å². The molecule has 0 saturated carbocycles. The molecule has 1 N–H and O–H groups in total. The number of hydrogen-bond acceptors (Lipinski definition) is 6. The van der Waals surface area contributed by atoms with Gasteiger partial charge in [-0.1, -0.05) is 11.8 Å². The van der Waals surface area contributed by atoms with Crippen LogP contribution in [0.2, 0.25) is 0 Å². The maximum atomic E-state index is 13.0. The zero-order valence-corrected chi connectivity index (χ0v) is 15.4. The van der Waals surface area contributed by atoms with Gasteiger partial charge in [0.25, 0.3) is 0 Å². The van der Waals surface area contributed by atoms with E-state index in [0.717, 1.165) is 23.9 Å². The van der Waals surface area contributed by atoms with E-state index in [1.807, 2.05) is 18.7 Å². The molecule has 0 aliphatic heterocycles. The molecule has 0 atom stereocenters. The Hall–Kier alpha value is -2.30. The van der Waals surface area contributed by atoms with E-state index in [-0.39, 0.29) is 11.4 Å². The molecule has 0 fully saturated rings. The highest BCUT2D eigenvalue weighted by molar-refractivity contribution is 7.99. The lowest BCUT2D eigenvalue weighted by Crippen LogP contribution is -2.25. The van der Waals surface area contributed by atoms with Crippen molar-refractivity contribution >= 4 is 29.0 Å². The molecule has 26 heavy (non-hydrogen) atoms. The molecule has 0 unspecified atom stereocenters. The van der Waals surface area contributed by atoms with Crippen LogP contribution in [-0.2, 0) is 18.0 Å². The minimum Gasteiger partial charge on any atom is -0.370 e. The van der Waals surface area contributed by atoms with Gasteiger partial charge in [-0.25, -0.2) is 4.68 Å². The van der Waals surface area contributed by atoms with Crippen molar-refractivity contribution in [3.05, 3.63) is 23.8 Å². The number of nitrogens with one attached hydrogen (secondary N) is 1. The van der Waals surface area contributed by atoms with E-state index in [0.29, 0.717) is 23.9 Å². The van der Waals surface area contributed by atoms with Crippen molar-refractivity contribution in [2.24, 2.45) is 7.05 Å². The van der Waals surface area contributed by atoms with Gasteiger partial charge in [-0.15, -0.1) is 5.10 Å². The van der Waals surface area contributed by atoms with Crippen molar-refractivity contribution in [3.8, 4) is 0 Å². The lowest BCUT2D eigenvalue weighted by Gasteiger charge is -2.25. The second-order valence-electron chi connectivity index (χ2n) is 5.32. The van der Waals surface area contributed by atoms with E-state index < -0.39 is 17.6 Å². The number of hydrogen-bond donors (Lipinski definition) is 1. The number of amides is 1. The lowest BCUT2D eigenvalue weighted by atomic mass is 10.1. The van der Waals surface area contributed by atoms with Crippen molar-refractivity contribution in [1.29, 1.82) is 0 Å². The van der Waals surface area contributed by atoms with Gasteiger partial charge in [0.2, 0.25) is 11.1 Å². The molecule has 142 valence electrons. The number of halogens is 3. The van der Waals surface area contributed by atoms with Crippen LogP contribution in [0.4, 0.5) is 24.5 Å². The SMILES string of the molecule is CCN(CC)c1ccc(C(F)(F)F)cc1NC(=O)CSc1nnnn1C. The second kappa shape index (κ2) is 8.39. The van der Waals surface area contributed by atoms with Crippen LogP contribution < -0.4 is 10.2 Å². The summed E-state index contributed by atoms with van der Waals surface area (Å²) in [6.45, 7) is 4.99. The van der Waals surface area contributed by atoms with Crippen LogP contribution in [0.25, 0.3) is 0 Å². The molecule has 11 heteroatoms. The van der Waals surface area contributed by atoms with E-state index in [9.17, 15) is 18.0 Å². The van der Waals surface area contributed by atoms with Crippen LogP contribution in [0.3, 0.4) is 0 Å². The molecule has 0 aliphatic rings. The average molecular weight is 388 g/mol. The predicted molar refractivity (Wildman–Crippen MR) is 93.2 cm³/mol. The maximum Gasteiger partial charge on any atom is 0.416 e. The average Bonchev–Trinajstić information content (AvgIpc) is 2.99. The first-order chi connectivity index (χ1) is 12.3. The van der Waals surface area contributed by atoms with Crippen molar-refractivity contribution in [2.75, 3.05) is 29.1 Å². The summed E-state index contributed by atoms with van der Waals surface area (Å²) in [5.74, 6) is -0.465. The number of aryl methyl sites for hydroxylation is 1. The van der Waals surface area contributed by atoms with E-state index in [1.165, 1.54) is 10.7 Å². The predicted octanol–water partition coefficient (Wildman–Crippen LogP) is 2.81. The molecule has 0 bridgehead atoms. The Morgan fingerprint density at radius 3 is 2.54 bits per heavy atom. The highest BCUT2D eigenvalue weighted by Gasteiger charge is 2.31. The van der Waals surface area contributed by atoms with Gasteiger partial charge in [0.05, 0.1) is 22.7 Å². The molecule has 1 amide bonds. The molecule has 2 aromatic rings. The van der Waals surface area contributed by atoms with Crippen LogP contribution in [0.15, 0.2) is 23.4 Å². The highest BCUT2D eigenvalue weighted by Crippen LogP contribution is 2.35. The largest absolute Gasteiger partial charge is 0.416 e. The van der Waals surface area contributed by atoms with Crippen LogP contribution in [0, 0.1) is 0 Å². The van der Waals surface area contributed by atoms with Crippen LogP contribution >= 0.6 is 11.8 Å². The number of nitrogens with zero attached hydrogens (tertiary/aromatic N) is 5. The van der Waals surface area contributed by atoms with Gasteiger partial charge < -0.3 is 10.2 Å². The number of anilines is 2. The quantitative estimate of drug-likeness (QED) is 0.735. The van der Waals surface area contributed by atoms with Gasteiger partial charge in [-0.3, -0.25) is 4.79 Å². The molecule has 1 aromatic heterocycles. The Bertz CT molecular complexity index is 760. The molecule has 0 aliphatic carbocycles. The number of aromatic nitrogens is 4. The van der Waals surface area contributed by atoms with Gasteiger partial charge in [0.1, 0.15) is 0 Å². The third kappa shape index (κ3) is 4.87. The zero-order valence-electron chi connectivity index (χ0n) is 14.5. The third-order valence-electron chi connectivity index (χ3n) is 3.62. The maximum absolute atomic E-state index is 13.0. The summed E-state index contributed by atoms with van der Waals surface area (Å²) in [5, 5.41) is 13.9. The smallest absolute Gasteiger partial charge is 0.370 e. The Labute approximate surface area is 152 Å². The number of rotatable bonds is 7. The minimum absolute atomic E-state index is 0.0256. The molecule has 7 nitrogen and oxygen atoms in total. The van der Waals surface area contributed by atoms with Crippen LogP contribution in [0.5, 0.6) is 0 Å². The molecule has 0 spiro atoms. The fourth-order valence-corrected chi connectivity index (χ4v) is 2.96. The first kappa shape index (κ1) is 20.0. The van der Waals surface area contributed by atoms with Gasteiger partial charge in [-0.05, 0) is 42.5 Å². The summed E-state index contributed by atoms with van der Waals surface area (Å²) >= 11 is 1.10. The summed E-state index contributed by atoms with van der Waals surface area (Å²) in [6.07, 6.45) is -4.49. The molecular formula is C15H19F3N6OS. The molecule has 1 heterocycles. The summed E-state index contributed by atoms with van der Waals surface area (Å²) in [5.41, 5.74) is -0.138. The Morgan fingerprint density at radius 1 is 1.31 bits per heavy atom. The first-order valence-corrected chi connectivity index (χ1v) is 8.86. The molecule has 0 radical (unpaired) electrons. The number of alkyl halides is 3. The molecule has 1 aromatic carbocycles. The van der Waals surface area contributed by atoms with Crippen molar-refractivity contribution in [1.82, 2.24) is 20.2 Å². The number of carbonyl (C=O) groups is 1. The fraction of sp³-hybridized carbons (Fsp3) is 0.467. The number of tetrazole rings is 1. The number of benzene rings is 1. The topological polar surface area (TPSA) is 75.9 Å². The first-order valence-electron chi connectivity index (χ1n) is 7.87. The van der Waals surface area contributed by atoms with Crippen LogP contribution in [0.1, 0.15) is 19.4 Å². The standard InChI is InChI=1S/C15H19F3N6OS/c1-4-24(5-2)12-7-6-10(15(16,17)18)8-11(12)19-13(25)9-26-14-20-21-22-23(14)3/h6-8H,4-5,9H2,1-3H3,(H,19,25). The highest BCUT2D eigenvalue weighted by atomic mass is 32.2. The Morgan fingerprint density at radius 2 is 2.00 bits per heavy atom. The minimum atomic E-state index is -4.49. The summed E-state index contributed by atoms with van der Waals surface area (Å²) in [7, 11) is 1.63. The molecular weight excluding hydrogens is 369 g/mol. The Kier molecular flexibility index (Phi) is 6.46. The van der Waals surface area contributed by atoms with Gasteiger partial charge in [-0.2, -0.15) is 13.2 Å². The van der Waals surface area contributed by atoms with E-state index in [2.05, 4.69) is 20.8 Å². The summed E-state index contributed by atoms with van der Waals surface area (Å²) in [6, 6.07) is 3.36. The molecule has 2 rings (SSSR count). The monoisotopic (exact) mass is 388 g/mol. The fourth-order valence-electron chi connectivity index (χ4n) is 2.31. The van der Waals surface area contributed by atoms with E-state index in [1.54, 1.807) is 7.05 Å². The normalized spacial score (nSPS) is 11.5. The second-order valence-corrected chi connectivity index (χ2v) is 6.27. The lowest BCUT2D eigenvalue weighted by molar-refractivity contribution is -0.137.